The van der Waals surface area contributed by atoms with Crippen LogP contribution >= 0.6 is 11.8 Å². The fourth-order valence-electron chi connectivity index (χ4n) is 1.62. The maximum absolute atomic E-state index is 11.9. The average molecular weight is 259 g/mol. The van der Waals surface area contributed by atoms with Crippen LogP contribution in [0.1, 0.15) is 12.6 Å². The average Bonchev–Trinajstić information content (AvgIpc) is 2.37. The van der Waals surface area contributed by atoms with Crippen LogP contribution in [0.2, 0.25) is 0 Å². The Hall–Kier alpha value is -1.81. The Morgan fingerprint density at radius 3 is 2.50 bits per heavy atom. The van der Waals surface area contributed by atoms with Gasteiger partial charge in [-0.15, -0.1) is 0 Å². The smallest absolute Gasteiger partial charge is 0.256 e. The molecule has 0 fully saturated rings. The van der Waals surface area contributed by atoms with E-state index in [-0.39, 0.29) is 10.7 Å². The van der Waals surface area contributed by atoms with E-state index in [1.165, 1.54) is 18.7 Å². The van der Waals surface area contributed by atoms with Crippen molar-refractivity contribution in [3.8, 4) is 11.1 Å². The first-order chi connectivity index (χ1) is 8.66. The van der Waals surface area contributed by atoms with Crippen molar-refractivity contribution in [1.82, 2.24) is 4.98 Å². The lowest BCUT2D eigenvalue weighted by Crippen LogP contribution is -2.10. The molecule has 4 heteroatoms. The molecule has 18 heavy (non-hydrogen) atoms. The van der Waals surface area contributed by atoms with E-state index < -0.39 is 0 Å². The number of pyridine rings is 1. The molecule has 0 bridgehead atoms. The number of H-pyrrole nitrogens is 1. The Balaban J connectivity index is 2.26. The van der Waals surface area contributed by atoms with E-state index >= 15 is 0 Å². The van der Waals surface area contributed by atoms with Gasteiger partial charge in [-0.05, 0) is 17.7 Å². The Morgan fingerprint density at radius 2 is 1.89 bits per heavy atom. The summed E-state index contributed by atoms with van der Waals surface area (Å²) in [6.07, 6.45) is 0. The van der Waals surface area contributed by atoms with E-state index in [0.717, 1.165) is 11.3 Å². The van der Waals surface area contributed by atoms with Crippen molar-refractivity contribution in [1.29, 1.82) is 0 Å². The van der Waals surface area contributed by atoms with E-state index in [2.05, 4.69) is 4.98 Å². The lowest BCUT2D eigenvalue weighted by Gasteiger charge is -2.03. The monoisotopic (exact) mass is 259 g/mol. The molecule has 0 saturated carbocycles. The number of carbonyl (C=O) groups excluding carboxylic acids is 1. The molecule has 2 aromatic rings. The van der Waals surface area contributed by atoms with Crippen molar-refractivity contribution < 1.29 is 4.79 Å². The first-order valence-electron chi connectivity index (χ1n) is 5.58. The molecule has 0 aliphatic rings. The number of thioether (sulfide) groups is 1. The number of aromatic amines is 1. The van der Waals surface area contributed by atoms with Crippen molar-refractivity contribution in [2.75, 3.05) is 0 Å². The molecule has 0 spiro atoms. The molecule has 92 valence electrons. The number of hydrogen-bond acceptors (Lipinski definition) is 3. The van der Waals surface area contributed by atoms with Crippen molar-refractivity contribution in [3.63, 3.8) is 0 Å². The Bertz CT molecular complexity index is 605. The summed E-state index contributed by atoms with van der Waals surface area (Å²) in [6.45, 7) is 1.51. The minimum absolute atomic E-state index is 0.0444. The second-order valence-corrected chi connectivity index (χ2v) is 5.02. The summed E-state index contributed by atoms with van der Waals surface area (Å²) >= 11 is 1.19. The Labute approximate surface area is 109 Å². The van der Waals surface area contributed by atoms with E-state index in [1.807, 2.05) is 36.4 Å². The van der Waals surface area contributed by atoms with Gasteiger partial charge >= 0.3 is 0 Å². The lowest BCUT2D eigenvalue weighted by molar-refractivity contribution is -0.109. The molecular weight excluding hydrogens is 246 g/mol. The molecule has 0 amide bonds. The van der Waals surface area contributed by atoms with Gasteiger partial charge in [-0.25, -0.2) is 0 Å². The first kappa shape index (κ1) is 12.6. The summed E-state index contributed by atoms with van der Waals surface area (Å²) in [4.78, 5) is 25.6. The highest BCUT2D eigenvalue weighted by Crippen LogP contribution is 2.16. The largest absolute Gasteiger partial charge is 0.325 e. The third-order valence-electron chi connectivity index (χ3n) is 2.49. The fourth-order valence-corrected chi connectivity index (χ4v) is 2.15. The number of carbonyl (C=O) groups is 1. The molecule has 1 aromatic heterocycles. The number of rotatable bonds is 3. The van der Waals surface area contributed by atoms with Crippen LogP contribution in [-0.2, 0) is 10.5 Å². The topological polar surface area (TPSA) is 49.9 Å². The van der Waals surface area contributed by atoms with E-state index in [1.54, 1.807) is 6.07 Å². The lowest BCUT2D eigenvalue weighted by atomic mass is 10.1. The van der Waals surface area contributed by atoms with Crippen LogP contribution in [0.4, 0.5) is 0 Å². The van der Waals surface area contributed by atoms with Crippen LogP contribution in [0.3, 0.4) is 0 Å². The molecule has 0 atom stereocenters. The molecule has 1 heterocycles. The van der Waals surface area contributed by atoms with Gasteiger partial charge in [0.1, 0.15) is 0 Å². The normalized spacial score (nSPS) is 10.3. The standard InChI is InChI=1S/C14H13NO2S/c1-10(16)18-9-12-7-8-13(14(17)15-12)11-5-3-2-4-6-11/h2-8H,9H2,1H3,(H,15,17). The quantitative estimate of drug-likeness (QED) is 0.922. The summed E-state index contributed by atoms with van der Waals surface area (Å²) in [5.41, 5.74) is 2.18. The molecule has 0 radical (unpaired) electrons. The number of hydrogen-bond donors (Lipinski definition) is 1. The van der Waals surface area contributed by atoms with Gasteiger partial charge in [0.2, 0.25) is 0 Å². The molecular formula is C14H13NO2S. The van der Waals surface area contributed by atoms with Crippen LogP contribution in [0.15, 0.2) is 47.3 Å². The summed E-state index contributed by atoms with van der Waals surface area (Å²) in [6, 6.07) is 13.1. The number of benzene rings is 1. The Kier molecular flexibility index (Phi) is 3.99. The van der Waals surface area contributed by atoms with Crippen molar-refractivity contribution in [2.24, 2.45) is 0 Å². The second kappa shape index (κ2) is 5.69. The van der Waals surface area contributed by atoms with Gasteiger partial charge in [0.15, 0.2) is 5.12 Å². The highest BCUT2D eigenvalue weighted by Gasteiger charge is 2.04. The van der Waals surface area contributed by atoms with Crippen LogP contribution in [-0.4, -0.2) is 10.1 Å². The minimum Gasteiger partial charge on any atom is -0.325 e. The third-order valence-corrected chi connectivity index (χ3v) is 3.35. The zero-order valence-corrected chi connectivity index (χ0v) is 10.8. The maximum Gasteiger partial charge on any atom is 0.256 e. The summed E-state index contributed by atoms with van der Waals surface area (Å²) < 4.78 is 0. The predicted molar refractivity (Wildman–Crippen MR) is 74.5 cm³/mol. The summed E-state index contributed by atoms with van der Waals surface area (Å²) in [5.74, 6) is 0.500. The van der Waals surface area contributed by atoms with Gasteiger partial charge in [0, 0.05) is 23.9 Å². The maximum atomic E-state index is 11.9. The van der Waals surface area contributed by atoms with E-state index in [4.69, 9.17) is 0 Å². The Morgan fingerprint density at radius 1 is 1.17 bits per heavy atom. The summed E-state index contributed by atoms with van der Waals surface area (Å²) in [5, 5.41) is 0.0444. The predicted octanol–water partition coefficient (Wildman–Crippen LogP) is 2.82. The first-order valence-corrected chi connectivity index (χ1v) is 6.56. The highest BCUT2D eigenvalue weighted by molar-refractivity contribution is 8.12. The third kappa shape index (κ3) is 3.11. The molecule has 3 nitrogen and oxygen atoms in total. The van der Waals surface area contributed by atoms with Gasteiger partial charge in [-0.1, -0.05) is 42.1 Å². The molecule has 0 saturated heterocycles. The summed E-state index contributed by atoms with van der Waals surface area (Å²) in [7, 11) is 0. The van der Waals surface area contributed by atoms with E-state index in [0.29, 0.717) is 11.3 Å². The van der Waals surface area contributed by atoms with Gasteiger partial charge < -0.3 is 4.98 Å². The SMILES string of the molecule is CC(=O)SCc1ccc(-c2ccccc2)c(=O)[nH]1. The molecule has 1 aromatic carbocycles. The van der Waals surface area contributed by atoms with Gasteiger partial charge in [-0.3, -0.25) is 9.59 Å². The van der Waals surface area contributed by atoms with E-state index in [9.17, 15) is 9.59 Å². The van der Waals surface area contributed by atoms with Crippen LogP contribution in [0, 0.1) is 0 Å². The molecule has 0 aliphatic heterocycles. The van der Waals surface area contributed by atoms with Crippen molar-refractivity contribution in [3.05, 3.63) is 58.5 Å². The second-order valence-electron chi connectivity index (χ2n) is 3.87. The minimum atomic E-state index is -0.122. The van der Waals surface area contributed by atoms with Gasteiger partial charge in [0.05, 0.1) is 0 Å². The fraction of sp³-hybridized carbons (Fsp3) is 0.143. The molecule has 0 aliphatic carbocycles. The van der Waals surface area contributed by atoms with Crippen LogP contribution in [0.5, 0.6) is 0 Å². The zero-order valence-electron chi connectivity index (χ0n) is 9.97. The molecule has 1 N–H and O–H groups in total. The van der Waals surface area contributed by atoms with Crippen molar-refractivity contribution in [2.45, 2.75) is 12.7 Å². The molecule has 2 rings (SSSR count). The highest BCUT2D eigenvalue weighted by atomic mass is 32.2. The van der Waals surface area contributed by atoms with Crippen molar-refractivity contribution >= 4 is 16.9 Å². The number of aromatic nitrogens is 1. The van der Waals surface area contributed by atoms with Gasteiger partial charge in [-0.2, -0.15) is 0 Å². The number of nitrogens with one attached hydrogen (secondary N) is 1. The molecule has 0 unspecified atom stereocenters. The van der Waals surface area contributed by atoms with Crippen LogP contribution in [0.25, 0.3) is 11.1 Å². The zero-order chi connectivity index (χ0) is 13.0. The van der Waals surface area contributed by atoms with Crippen LogP contribution < -0.4 is 5.56 Å². The van der Waals surface area contributed by atoms with Gasteiger partial charge in [0.25, 0.3) is 5.56 Å².